The summed E-state index contributed by atoms with van der Waals surface area (Å²) < 4.78 is 5.52. The monoisotopic (exact) mass is 275 g/mol. The van der Waals surface area contributed by atoms with Crippen LogP contribution in [0.2, 0.25) is 0 Å². The Hall–Kier alpha value is -0.420. The number of nitrogens with one attached hydrogen (secondary N) is 2. The first-order valence-corrected chi connectivity index (χ1v) is 8.11. The van der Waals surface area contributed by atoms with Gasteiger partial charge in [-0.25, -0.2) is 0 Å². The van der Waals surface area contributed by atoms with Crippen molar-refractivity contribution in [3.8, 4) is 0 Å². The third kappa shape index (κ3) is 12.0. The molecule has 0 atom stereocenters. The molecule has 0 bridgehead atoms. The lowest BCUT2D eigenvalue weighted by atomic mass is 10.2. The normalized spacial score (nSPS) is 11.9. The molecule has 108 valence electrons. The van der Waals surface area contributed by atoms with Crippen LogP contribution in [0.3, 0.4) is 0 Å². The lowest BCUT2D eigenvalue weighted by molar-refractivity contribution is 0.108. The van der Waals surface area contributed by atoms with E-state index in [4.69, 9.17) is 4.74 Å². The second-order valence-corrected chi connectivity index (χ2v) is 5.58. The van der Waals surface area contributed by atoms with E-state index in [9.17, 15) is 0 Å². The van der Waals surface area contributed by atoms with Crippen molar-refractivity contribution in [2.45, 2.75) is 26.7 Å². The average molecular weight is 275 g/mol. The maximum Gasteiger partial charge on any atom is 0.190 e. The van der Waals surface area contributed by atoms with Gasteiger partial charge in [-0.05, 0) is 30.8 Å². The standard InChI is InChI=1S/C13H29N3OS/c1-12(2)11-17-9-5-7-15-13(14-3)16-8-6-10-18-4/h12H,5-11H2,1-4H3,(H2,14,15,16). The van der Waals surface area contributed by atoms with Crippen LogP contribution >= 0.6 is 11.8 Å². The highest BCUT2D eigenvalue weighted by atomic mass is 32.2. The van der Waals surface area contributed by atoms with Crippen molar-refractivity contribution in [3.05, 3.63) is 0 Å². The zero-order valence-electron chi connectivity index (χ0n) is 12.3. The minimum Gasteiger partial charge on any atom is -0.381 e. The van der Waals surface area contributed by atoms with Crippen molar-refractivity contribution in [3.63, 3.8) is 0 Å². The van der Waals surface area contributed by atoms with Gasteiger partial charge in [0.25, 0.3) is 0 Å². The second-order valence-electron chi connectivity index (χ2n) is 4.59. The van der Waals surface area contributed by atoms with E-state index in [0.717, 1.165) is 38.7 Å². The van der Waals surface area contributed by atoms with Crippen LogP contribution in [0.1, 0.15) is 26.7 Å². The van der Waals surface area contributed by atoms with Crippen LogP contribution in [0.5, 0.6) is 0 Å². The Kier molecular flexibility index (Phi) is 12.7. The van der Waals surface area contributed by atoms with E-state index in [0.29, 0.717) is 5.92 Å². The Morgan fingerprint density at radius 3 is 2.44 bits per heavy atom. The molecule has 4 nitrogen and oxygen atoms in total. The molecule has 5 heteroatoms. The maximum absolute atomic E-state index is 5.52. The lowest BCUT2D eigenvalue weighted by Gasteiger charge is -2.12. The average Bonchev–Trinajstić information content (AvgIpc) is 2.35. The Bertz CT molecular complexity index is 210. The summed E-state index contributed by atoms with van der Waals surface area (Å²) in [6.45, 7) is 7.87. The van der Waals surface area contributed by atoms with E-state index in [-0.39, 0.29) is 0 Å². The highest BCUT2D eigenvalue weighted by Crippen LogP contribution is 1.94. The molecule has 0 aromatic heterocycles. The van der Waals surface area contributed by atoms with Crippen molar-refractivity contribution in [1.29, 1.82) is 0 Å². The Morgan fingerprint density at radius 2 is 1.89 bits per heavy atom. The van der Waals surface area contributed by atoms with E-state index in [1.165, 1.54) is 12.2 Å². The highest BCUT2D eigenvalue weighted by molar-refractivity contribution is 7.98. The van der Waals surface area contributed by atoms with Crippen LogP contribution in [0.4, 0.5) is 0 Å². The molecule has 0 amide bonds. The molecule has 0 unspecified atom stereocenters. The summed E-state index contributed by atoms with van der Waals surface area (Å²) in [5, 5.41) is 6.58. The summed E-state index contributed by atoms with van der Waals surface area (Å²) in [6.07, 6.45) is 4.31. The molecule has 18 heavy (non-hydrogen) atoms. The first-order chi connectivity index (χ1) is 8.70. The van der Waals surface area contributed by atoms with Crippen molar-refractivity contribution >= 4 is 17.7 Å². The molecule has 0 aromatic carbocycles. The molecule has 0 aliphatic heterocycles. The number of hydrogen-bond acceptors (Lipinski definition) is 3. The maximum atomic E-state index is 5.52. The summed E-state index contributed by atoms with van der Waals surface area (Å²) >= 11 is 1.87. The van der Waals surface area contributed by atoms with Crippen LogP contribution in [0.25, 0.3) is 0 Å². The number of ether oxygens (including phenoxy) is 1. The minimum atomic E-state index is 0.615. The van der Waals surface area contributed by atoms with Gasteiger partial charge in [0.15, 0.2) is 5.96 Å². The minimum absolute atomic E-state index is 0.615. The van der Waals surface area contributed by atoms with Crippen LogP contribution in [-0.4, -0.2) is 51.3 Å². The largest absolute Gasteiger partial charge is 0.381 e. The van der Waals surface area contributed by atoms with Crippen molar-refractivity contribution in [2.24, 2.45) is 10.9 Å². The molecule has 0 radical (unpaired) electrons. The summed E-state index contributed by atoms with van der Waals surface area (Å²) in [5.41, 5.74) is 0. The zero-order valence-corrected chi connectivity index (χ0v) is 13.1. The smallest absolute Gasteiger partial charge is 0.190 e. The highest BCUT2D eigenvalue weighted by Gasteiger charge is 1.97. The van der Waals surface area contributed by atoms with Crippen molar-refractivity contribution in [2.75, 3.05) is 45.4 Å². The van der Waals surface area contributed by atoms with Gasteiger partial charge in [0.05, 0.1) is 0 Å². The molecular formula is C13H29N3OS. The van der Waals surface area contributed by atoms with Gasteiger partial charge in [0.2, 0.25) is 0 Å². The molecular weight excluding hydrogens is 246 g/mol. The van der Waals surface area contributed by atoms with E-state index in [2.05, 4.69) is 35.7 Å². The van der Waals surface area contributed by atoms with Crippen LogP contribution in [-0.2, 0) is 4.74 Å². The molecule has 2 N–H and O–H groups in total. The summed E-state index contributed by atoms with van der Waals surface area (Å²) in [5.74, 6) is 2.69. The van der Waals surface area contributed by atoms with E-state index >= 15 is 0 Å². The number of nitrogens with zero attached hydrogens (tertiary/aromatic N) is 1. The fourth-order valence-corrected chi connectivity index (χ4v) is 1.78. The molecule has 0 heterocycles. The Labute approximate surface area is 116 Å². The molecule has 0 spiro atoms. The summed E-state index contributed by atoms with van der Waals surface area (Å²) in [6, 6.07) is 0. The van der Waals surface area contributed by atoms with Crippen LogP contribution in [0.15, 0.2) is 4.99 Å². The van der Waals surface area contributed by atoms with Gasteiger partial charge in [0.1, 0.15) is 0 Å². The topological polar surface area (TPSA) is 45.7 Å². The van der Waals surface area contributed by atoms with Gasteiger partial charge < -0.3 is 15.4 Å². The molecule has 0 aromatic rings. The molecule has 0 aliphatic rings. The molecule has 0 fully saturated rings. The van der Waals surface area contributed by atoms with E-state index in [1.807, 2.05) is 11.8 Å². The molecule has 0 saturated heterocycles. The predicted octanol–water partition coefficient (Wildman–Crippen LogP) is 1.97. The predicted molar refractivity (Wildman–Crippen MR) is 82.6 cm³/mol. The number of rotatable bonds is 10. The Balaban J connectivity index is 3.39. The fourth-order valence-electron chi connectivity index (χ4n) is 1.34. The van der Waals surface area contributed by atoms with Gasteiger partial charge in [-0.2, -0.15) is 11.8 Å². The summed E-state index contributed by atoms with van der Waals surface area (Å²) in [4.78, 5) is 4.18. The fraction of sp³-hybridized carbons (Fsp3) is 0.923. The zero-order chi connectivity index (χ0) is 13.6. The quantitative estimate of drug-likeness (QED) is 0.363. The van der Waals surface area contributed by atoms with Gasteiger partial charge in [0, 0.05) is 33.4 Å². The van der Waals surface area contributed by atoms with Crippen LogP contribution < -0.4 is 10.6 Å². The number of guanidine groups is 1. The van der Waals surface area contributed by atoms with E-state index < -0.39 is 0 Å². The Morgan fingerprint density at radius 1 is 1.22 bits per heavy atom. The second kappa shape index (κ2) is 13.0. The third-order valence-corrected chi connectivity index (χ3v) is 2.95. The lowest BCUT2D eigenvalue weighted by Crippen LogP contribution is -2.38. The van der Waals surface area contributed by atoms with Gasteiger partial charge in [-0.1, -0.05) is 13.8 Å². The molecule has 0 aliphatic carbocycles. The van der Waals surface area contributed by atoms with Crippen molar-refractivity contribution in [1.82, 2.24) is 10.6 Å². The van der Waals surface area contributed by atoms with Crippen LogP contribution in [0, 0.1) is 5.92 Å². The first-order valence-electron chi connectivity index (χ1n) is 6.72. The molecule has 0 rings (SSSR count). The van der Waals surface area contributed by atoms with E-state index in [1.54, 1.807) is 7.05 Å². The van der Waals surface area contributed by atoms with Crippen molar-refractivity contribution < 1.29 is 4.74 Å². The number of thioether (sulfide) groups is 1. The van der Waals surface area contributed by atoms with Gasteiger partial charge in [-0.3, -0.25) is 4.99 Å². The van der Waals surface area contributed by atoms with Gasteiger partial charge >= 0.3 is 0 Å². The third-order valence-electron chi connectivity index (χ3n) is 2.25. The first kappa shape index (κ1) is 17.6. The SMILES string of the molecule is CN=C(NCCCOCC(C)C)NCCCSC. The molecule has 0 saturated carbocycles. The number of aliphatic imine (C=N–C) groups is 1. The van der Waals surface area contributed by atoms with Gasteiger partial charge in [-0.15, -0.1) is 0 Å². The number of hydrogen-bond donors (Lipinski definition) is 2. The summed E-state index contributed by atoms with van der Waals surface area (Å²) in [7, 11) is 1.80.